The maximum atomic E-state index is 11.9. The fraction of sp³-hybridized carbons (Fsp3) is 0.188. The van der Waals surface area contributed by atoms with Gasteiger partial charge < -0.3 is 5.32 Å². The first-order valence-electron chi connectivity index (χ1n) is 7.29. The lowest BCUT2D eigenvalue weighted by Gasteiger charge is -2.09. The van der Waals surface area contributed by atoms with E-state index < -0.39 is 29.0 Å². The van der Waals surface area contributed by atoms with Crippen molar-refractivity contribution in [3.63, 3.8) is 0 Å². The fourth-order valence-corrected chi connectivity index (χ4v) is 2.05. The van der Waals surface area contributed by atoms with Gasteiger partial charge in [-0.1, -0.05) is 6.07 Å². The normalized spacial score (nSPS) is 10.2. The van der Waals surface area contributed by atoms with E-state index >= 15 is 0 Å². The number of aryl methyl sites for hydroxylation is 2. The van der Waals surface area contributed by atoms with E-state index in [1.807, 2.05) is 19.9 Å². The third-order valence-corrected chi connectivity index (χ3v) is 3.51. The molecule has 0 spiro atoms. The standard InChI is InChI=1S/C16H16N4O5/c1-10-3-4-12(7-11(10)2)17-16(23)18-14(21)9-19-8-13(20(24)25)5-6-15(19)22/h3-8H,9H2,1-2H3,(H2,17,18,21,23). The molecule has 0 radical (unpaired) electrons. The number of pyridine rings is 1. The number of hydrogen-bond donors (Lipinski definition) is 2. The Morgan fingerprint density at radius 1 is 1.16 bits per heavy atom. The molecule has 0 saturated carbocycles. The summed E-state index contributed by atoms with van der Waals surface area (Å²) in [6.07, 6.45) is 0.948. The average Bonchev–Trinajstić information content (AvgIpc) is 2.52. The number of hydrogen-bond acceptors (Lipinski definition) is 5. The highest BCUT2D eigenvalue weighted by molar-refractivity contribution is 6.01. The van der Waals surface area contributed by atoms with Crippen LogP contribution < -0.4 is 16.2 Å². The van der Waals surface area contributed by atoms with E-state index in [1.165, 1.54) is 0 Å². The molecule has 0 bridgehead atoms. The van der Waals surface area contributed by atoms with Crippen molar-refractivity contribution in [2.45, 2.75) is 20.4 Å². The van der Waals surface area contributed by atoms with Crippen LogP contribution in [0.15, 0.2) is 41.3 Å². The lowest BCUT2D eigenvalue weighted by molar-refractivity contribution is -0.385. The maximum absolute atomic E-state index is 11.9. The Balaban J connectivity index is 2.01. The van der Waals surface area contributed by atoms with Crippen molar-refractivity contribution in [2.75, 3.05) is 5.32 Å². The minimum absolute atomic E-state index is 0.327. The van der Waals surface area contributed by atoms with Crippen molar-refractivity contribution >= 4 is 23.3 Å². The number of nitrogens with one attached hydrogen (secondary N) is 2. The van der Waals surface area contributed by atoms with E-state index in [9.17, 15) is 24.5 Å². The molecule has 2 aromatic rings. The van der Waals surface area contributed by atoms with Crippen molar-refractivity contribution in [1.82, 2.24) is 9.88 Å². The molecule has 3 amide bonds. The average molecular weight is 344 g/mol. The largest absolute Gasteiger partial charge is 0.325 e. The topological polar surface area (TPSA) is 123 Å². The third kappa shape index (κ3) is 4.74. The van der Waals surface area contributed by atoms with Gasteiger partial charge >= 0.3 is 6.03 Å². The maximum Gasteiger partial charge on any atom is 0.325 e. The first-order chi connectivity index (χ1) is 11.8. The second kappa shape index (κ2) is 7.39. The van der Waals surface area contributed by atoms with Gasteiger partial charge in [-0.15, -0.1) is 0 Å². The zero-order chi connectivity index (χ0) is 18.6. The van der Waals surface area contributed by atoms with Crippen molar-refractivity contribution < 1.29 is 14.5 Å². The molecule has 1 aromatic heterocycles. The molecule has 0 unspecified atom stereocenters. The van der Waals surface area contributed by atoms with Crippen LogP contribution in [0.3, 0.4) is 0 Å². The summed E-state index contributed by atoms with van der Waals surface area (Å²) < 4.78 is 0.858. The second-order valence-electron chi connectivity index (χ2n) is 5.41. The van der Waals surface area contributed by atoms with Crippen LogP contribution in [0.5, 0.6) is 0 Å². The molecule has 0 aliphatic heterocycles. The monoisotopic (exact) mass is 344 g/mol. The predicted octanol–water partition coefficient (Wildman–Crippen LogP) is 1.72. The zero-order valence-electron chi connectivity index (χ0n) is 13.6. The summed E-state index contributed by atoms with van der Waals surface area (Å²) in [5, 5.41) is 15.3. The Labute approximate surface area is 142 Å². The highest BCUT2D eigenvalue weighted by Gasteiger charge is 2.13. The van der Waals surface area contributed by atoms with Gasteiger partial charge in [0.15, 0.2) is 0 Å². The molecule has 2 N–H and O–H groups in total. The first kappa shape index (κ1) is 17.9. The predicted molar refractivity (Wildman–Crippen MR) is 90.4 cm³/mol. The lowest BCUT2D eigenvalue weighted by Crippen LogP contribution is -2.38. The number of anilines is 1. The van der Waals surface area contributed by atoms with Crippen molar-refractivity contribution in [2.24, 2.45) is 0 Å². The lowest BCUT2D eigenvalue weighted by atomic mass is 10.1. The Bertz CT molecular complexity index is 904. The van der Waals surface area contributed by atoms with Crippen LogP contribution in [0.4, 0.5) is 16.2 Å². The van der Waals surface area contributed by atoms with E-state index in [0.717, 1.165) is 34.0 Å². The smallest absolute Gasteiger partial charge is 0.308 e. The summed E-state index contributed by atoms with van der Waals surface area (Å²) >= 11 is 0. The Hall–Kier alpha value is -3.49. The van der Waals surface area contributed by atoms with Crippen LogP contribution in [-0.2, 0) is 11.3 Å². The molecule has 25 heavy (non-hydrogen) atoms. The van der Waals surface area contributed by atoms with Crippen LogP contribution in [0.1, 0.15) is 11.1 Å². The van der Waals surface area contributed by atoms with Crippen molar-refractivity contribution in [1.29, 1.82) is 0 Å². The number of benzene rings is 1. The van der Waals surface area contributed by atoms with E-state index in [2.05, 4.69) is 10.6 Å². The SMILES string of the molecule is Cc1ccc(NC(=O)NC(=O)Cn2cc([N+](=O)[O-])ccc2=O)cc1C. The van der Waals surface area contributed by atoms with E-state index in [1.54, 1.807) is 12.1 Å². The van der Waals surface area contributed by atoms with Gasteiger partial charge in [-0.05, 0) is 37.1 Å². The van der Waals surface area contributed by atoms with Gasteiger partial charge in [0.1, 0.15) is 6.54 Å². The molecule has 0 saturated heterocycles. The molecule has 1 heterocycles. The first-order valence-corrected chi connectivity index (χ1v) is 7.29. The molecule has 130 valence electrons. The molecular formula is C16H16N4O5. The molecule has 0 aliphatic carbocycles. The van der Waals surface area contributed by atoms with Crippen LogP contribution in [-0.4, -0.2) is 21.4 Å². The Morgan fingerprint density at radius 2 is 1.88 bits per heavy atom. The van der Waals surface area contributed by atoms with Gasteiger partial charge in [0.2, 0.25) is 5.91 Å². The second-order valence-corrected chi connectivity index (χ2v) is 5.41. The molecule has 2 rings (SSSR count). The fourth-order valence-electron chi connectivity index (χ4n) is 2.05. The van der Waals surface area contributed by atoms with Crippen molar-refractivity contribution in [3.05, 3.63) is 68.1 Å². The number of amides is 3. The molecule has 0 fully saturated rings. The molecule has 0 atom stereocenters. The molecule has 9 heteroatoms. The van der Waals surface area contributed by atoms with Crippen LogP contribution in [0.25, 0.3) is 0 Å². The number of carbonyl (C=O) groups excluding carboxylic acids is 2. The van der Waals surface area contributed by atoms with Gasteiger partial charge in [-0.25, -0.2) is 4.79 Å². The molecule has 1 aromatic carbocycles. The zero-order valence-corrected chi connectivity index (χ0v) is 13.6. The summed E-state index contributed by atoms with van der Waals surface area (Å²) in [4.78, 5) is 45.4. The molecular weight excluding hydrogens is 328 g/mol. The van der Waals surface area contributed by atoms with Gasteiger partial charge in [0.25, 0.3) is 11.2 Å². The van der Waals surface area contributed by atoms with Gasteiger partial charge in [0, 0.05) is 17.8 Å². The number of rotatable bonds is 4. The number of imide groups is 1. The summed E-state index contributed by atoms with van der Waals surface area (Å²) in [5.41, 5.74) is 1.64. The highest BCUT2D eigenvalue weighted by Crippen LogP contribution is 2.13. The third-order valence-electron chi connectivity index (χ3n) is 3.51. The number of aromatic nitrogens is 1. The Morgan fingerprint density at radius 3 is 2.52 bits per heavy atom. The van der Waals surface area contributed by atoms with E-state index in [-0.39, 0.29) is 5.69 Å². The summed E-state index contributed by atoms with van der Waals surface area (Å²) in [6.45, 7) is 3.30. The van der Waals surface area contributed by atoms with E-state index in [0.29, 0.717) is 5.69 Å². The van der Waals surface area contributed by atoms with Gasteiger partial charge in [0.05, 0.1) is 11.1 Å². The van der Waals surface area contributed by atoms with E-state index in [4.69, 9.17) is 0 Å². The minimum atomic E-state index is -0.774. The van der Waals surface area contributed by atoms with Crippen LogP contribution in [0.2, 0.25) is 0 Å². The summed E-state index contributed by atoms with van der Waals surface area (Å²) in [6, 6.07) is 6.55. The van der Waals surface area contributed by atoms with Crippen LogP contribution >= 0.6 is 0 Å². The molecule has 9 nitrogen and oxygen atoms in total. The summed E-state index contributed by atoms with van der Waals surface area (Å²) in [5.74, 6) is -0.774. The number of nitrogens with zero attached hydrogens (tertiary/aromatic N) is 2. The minimum Gasteiger partial charge on any atom is -0.308 e. The number of carbonyl (C=O) groups is 2. The summed E-state index contributed by atoms with van der Waals surface area (Å²) in [7, 11) is 0. The quantitative estimate of drug-likeness (QED) is 0.645. The van der Waals surface area contributed by atoms with Crippen LogP contribution in [0, 0.1) is 24.0 Å². The number of urea groups is 1. The van der Waals surface area contributed by atoms with Crippen molar-refractivity contribution in [3.8, 4) is 0 Å². The van der Waals surface area contributed by atoms with Gasteiger partial charge in [-0.3, -0.25) is 29.6 Å². The Kier molecular flexibility index (Phi) is 5.28. The van der Waals surface area contributed by atoms with Gasteiger partial charge in [-0.2, -0.15) is 0 Å². The highest BCUT2D eigenvalue weighted by atomic mass is 16.6. The number of nitro groups is 1. The molecule has 0 aliphatic rings.